The van der Waals surface area contributed by atoms with Crippen LogP contribution < -0.4 is 0 Å². The van der Waals surface area contributed by atoms with E-state index in [1.807, 2.05) is 0 Å². The molecule has 0 atom stereocenters. The van der Waals surface area contributed by atoms with E-state index in [2.05, 4.69) is 39.0 Å². The second-order valence-electron chi connectivity index (χ2n) is 4.38. The minimum absolute atomic E-state index is 1.19. The zero-order valence-electron chi connectivity index (χ0n) is 9.35. The molecule has 0 heteroatoms. The second-order valence-corrected chi connectivity index (χ2v) is 4.38. The predicted molar refractivity (Wildman–Crippen MR) is 62.5 cm³/mol. The fraction of sp³-hybridized carbons (Fsp3) is 0.429. The fourth-order valence-corrected chi connectivity index (χ4v) is 2.40. The van der Waals surface area contributed by atoms with E-state index in [1.54, 1.807) is 5.57 Å². The average Bonchev–Trinajstić information content (AvgIpc) is 2.48. The third-order valence-electron chi connectivity index (χ3n) is 2.95. The van der Waals surface area contributed by atoms with Crippen LogP contribution in [0.4, 0.5) is 0 Å². The molecule has 14 heavy (non-hydrogen) atoms. The van der Waals surface area contributed by atoms with Crippen LogP contribution >= 0.6 is 0 Å². The maximum atomic E-state index is 2.40. The van der Waals surface area contributed by atoms with Crippen LogP contribution in [-0.2, 0) is 6.42 Å². The minimum Gasteiger partial charge on any atom is -0.0652 e. The molecular formula is C14H18. The predicted octanol–water partition coefficient (Wildman–Crippen LogP) is 4.04. The van der Waals surface area contributed by atoms with Crippen LogP contribution in [0.3, 0.4) is 0 Å². The topological polar surface area (TPSA) is 0 Å². The van der Waals surface area contributed by atoms with Gasteiger partial charge in [0.25, 0.3) is 0 Å². The van der Waals surface area contributed by atoms with Crippen molar-refractivity contribution in [3.63, 3.8) is 0 Å². The van der Waals surface area contributed by atoms with Gasteiger partial charge in [-0.2, -0.15) is 0 Å². The highest BCUT2D eigenvalue weighted by atomic mass is 14.2. The molecule has 0 nitrogen and oxygen atoms in total. The highest BCUT2D eigenvalue weighted by molar-refractivity contribution is 5.67. The number of allylic oxidation sites excluding steroid dienone is 1. The van der Waals surface area contributed by atoms with E-state index >= 15 is 0 Å². The number of rotatable bonds is 2. The Bertz CT molecular complexity index is 383. The lowest BCUT2D eigenvalue weighted by molar-refractivity contribution is 0.886. The van der Waals surface area contributed by atoms with Gasteiger partial charge >= 0.3 is 0 Å². The molecule has 1 aliphatic carbocycles. The van der Waals surface area contributed by atoms with Gasteiger partial charge in [-0.25, -0.2) is 0 Å². The van der Waals surface area contributed by atoms with E-state index in [0.717, 1.165) is 0 Å². The summed E-state index contributed by atoms with van der Waals surface area (Å²) in [7, 11) is 0. The molecule has 0 N–H and O–H groups in total. The summed E-state index contributed by atoms with van der Waals surface area (Å²) in [5.74, 6) is 0. The van der Waals surface area contributed by atoms with Gasteiger partial charge in [0, 0.05) is 0 Å². The van der Waals surface area contributed by atoms with Crippen LogP contribution in [0.2, 0.25) is 0 Å². The van der Waals surface area contributed by atoms with Gasteiger partial charge in [-0.3, -0.25) is 0 Å². The van der Waals surface area contributed by atoms with Gasteiger partial charge < -0.3 is 0 Å². The Kier molecular flexibility index (Phi) is 2.45. The smallest absolute Gasteiger partial charge is 0.00576 e. The number of fused-ring (bicyclic) bond motifs is 1. The monoisotopic (exact) mass is 186 g/mol. The van der Waals surface area contributed by atoms with Crippen molar-refractivity contribution in [3.8, 4) is 0 Å². The molecule has 0 saturated heterocycles. The maximum absolute atomic E-state index is 2.40. The van der Waals surface area contributed by atoms with Crippen molar-refractivity contribution >= 4 is 6.08 Å². The molecule has 0 amide bonds. The Morgan fingerprint density at radius 3 is 2.71 bits per heavy atom. The molecule has 0 spiro atoms. The molecule has 1 aromatic carbocycles. The normalized spacial score (nSPS) is 14.1. The number of aryl methyl sites for hydroxylation is 2. The van der Waals surface area contributed by atoms with Gasteiger partial charge in [-0.1, -0.05) is 42.7 Å². The van der Waals surface area contributed by atoms with E-state index in [1.165, 1.54) is 41.5 Å². The molecule has 74 valence electrons. The molecule has 0 heterocycles. The highest BCUT2D eigenvalue weighted by Gasteiger charge is 2.13. The van der Waals surface area contributed by atoms with Crippen molar-refractivity contribution in [2.75, 3.05) is 0 Å². The summed E-state index contributed by atoms with van der Waals surface area (Å²) in [5.41, 5.74) is 7.46. The Morgan fingerprint density at radius 1 is 1.21 bits per heavy atom. The first-order valence-electron chi connectivity index (χ1n) is 5.50. The molecule has 0 aliphatic heterocycles. The molecule has 0 bridgehead atoms. The summed E-state index contributed by atoms with van der Waals surface area (Å²) in [5, 5.41) is 0. The zero-order chi connectivity index (χ0) is 10.1. The van der Waals surface area contributed by atoms with Gasteiger partial charge in [0.05, 0.1) is 0 Å². The van der Waals surface area contributed by atoms with E-state index in [9.17, 15) is 0 Å². The molecule has 2 rings (SSSR count). The molecule has 0 unspecified atom stereocenters. The first kappa shape index (κ1) is 9.51. The van der Waals surface area contributed by atoms with Crippen LogP contribution in [-0.4, -0.2) is 0 Å². The van der Waals surface area contributed by atoms with Crippen LogP contribution in [0.15, 0.2) is 17.7 Å². The Morgan fingerprint density at radius 2 is 2.00 bits per heavy atom. The summed E-state index contributed by atoms with van der Waals surface area (Å²) >= 11 is 0. The average molecular weight is 186 g/mol. The largest absolute Gasteiger partial charge is 0.0652 e. The Balaban J connectivity index is 2.36. The standard InChI is InChI=1S/C14H18/c1-4-5-12-8-13-7-10(2)6-11(3)14(13)9-12/h6-7,9H,4-5,8H2,1-3H3. The second kappa shape index (κ2) is 3.61. The summed E-state index contributed by atoms with van der Waals surface area (Å²) in [4.78, 5) is 0. The van der Waals surface area contributed by atoms with Gasteiger partial charge in [0.2, 0.25) is 0 Å². The molecule has 0 saturated carbocycles. The molecular weight excluding hydrogens is 168 g/mol. The molecule has 1 aromatic rings. The first-order chi connectivity index (χ1) is 6.70. The summed E-state index contributed by atoms with van der Waals surface area (Å²) in [6, 6.07) is 4.62. The van der Waals surface area contributed by atoms with E-state index in [0.29, 0.717) is 0 Å². The molecule has 0 radical (unpaired) electrons. The van der Waals surface area contributed by atoms with Crippen molar-refractivity contribution in [1.82, 2.24) is 0 Å². The van der Waals surface area contributed by atoms with Crippen LogP contribution in [0.1, 0.15) is 42.0 Å². The number of hydrogen-bond donors (Lipinski definition) is 0. The van der Waals surface area contributed by atoms with Crippen molar-refractivity contribution in [3.05, 3.63) is 40.0 Å². The van der Waals surface area contributed by atoms with E-state index < -0.39 is 0 Å². The van der Waals surface area contributed by atoms with Gasteiger partial charge in [0.15, 0.2) is 0 Å². The molecule has 0 aromatic heterocycles. The third-order valence-corrected chi connectivity index (χ3v) is 2.95. The lowest BCUT2D eigenvalue weighted by Crippen LogP contribution is -1.88. The van der Waals surface area contributed by atoms with E-state index in [-0.39, 0.29) is 0 Å². The minimum atomic E-state index is 1.19. The van der Waals surface area contributed by atoms with Gasteiger partial charge in [0.1, 0.15) is 0 Å². The number of benzene rings is 1. The zero-order valence-corrected chi connectivity index (χ0v) is 9.35. The Hall–Kier alpha value is -1.04. The van der Waals surface area contributed by atoms with Gasteiger partial charge in [-0.05, 0) is 43.4 Å². The molecule has 1 aliphatic rings. The lowest BCUT2D eigenvalue weighted by Gasteiger charge is -2.04. The summed E-state index contributed by atoms with van der Waals surface area (Å²) in [6.45, 7) is 6.66. The van der Waals surface area contributed by atoms with Crippen LogP contribution in [0.25, 0.3) is 6.08 Å². The van der Waals surface area contributed by atoms with E-state index in [4.69, 9.17) is 0 Å². The summed E-state index contributed by atoms with van der Waals surface area (Å²) in [6.07, 6.45) is 6.10. The summed E-state index contributed by atoms with van der Waals surface area (Å²) < 4.78 is 0. The highest BCUT2D eigenvalue weighted by Crippen LogP contribution is 2.30. The maximum Gasteiger partial charge on any atom is -0.00576 e. The first-order valence-corrected chi connectivity index (χ1v) is 5.50. The van der Waals surface area contributed by atoms with Crippen molar-refractivity contribution in [1.29, 1.82) is 0 Å². The fourth-order valence-electron chi connectivity index (χ4n) is 2.40. The third kappa shape index (κ3) is 1.61. The quantitative estimate of drug-likeness (QED) is 0.654. The van der Waals surface area contributed by atoms with Crippen LogP contribution in [0, 0.1) is 13.8 Å². The van der Waals surface area contributed by atoms with Crippen molar-refractivity contribution < 1.29 is 0 Å². The Labute approximate surface area is 86.7 Å². The lowest BCUT2D eigenvalue weighted by atomic mass is 10.0. The van der Waals surface area contributed by atoms with Gasteiger partial charge in [-0.15, -0.1) is 0 Å². The van der Waals surface area contributed by atoms with Crippen LogP contribution in [0.5, 0.6) is 0 Å². The SMILES string of the molecule is CCCC1=Cc2c(C)cc(C)cc2C1. The number of hydrogen-bond acceptors (Lipinski definition) is 0. The van der Waals surface area contributed by atoms with Crippen molar-refractivity contribution in [2.45, 2.75) is 40.0 Å². The molecule has 0 fully saturated rings. The van der Waals surface area contributed by atoms with Crippen molar-refractivity contribution in [2.24, 2.45) is 0 Å².